The van der Waals surface area contributed by atoms with Gasteiger partial charge in [-0.25, -0.2) is 4.79 Å². The third-order valence-corrected chi connectivity index (χ3v) is 4.58. The van der Waals surface area contributed by atoms with Gasteiger partial charge >= 0.3 is 6.03 Å². The first kappa shape index (κ1) is 14.5. The van der Waals surface area contributed by atoms with Crippen LogP contribution in [0.15, 0.2) is 12.1 Å². The molecule has 21 heavy (non-hydrogen) atoms. The molecule has 1 unspecified atom stereocenters. The summed E-state index contributed by atoms with van der Waals surface area (Å²) >= 11 is 12.2. The number of halogens is 2. The van der Waals surface area contributed by atoms with Crippen LogP contribution in [0.5, 0.6) is 5.75 Å². The first-order valence-electron chi connectivity index (χ1n) is 6.68. The van der Waals surface area contributed by atoms with Crippen molar-refractivity contribution in [2.75, 3.05) is 20.2 Å². The molecule has 2 heterocycles. The summed E-state index contributed by atoms with van der Waals surface area (Å²) in [4.78, 5) is 27.1. The van der Waals surface area contributed by atoms with E-state index in [-0.39, 0.29) is 24.5 Å². The monoisotopic (exact) mass is 328 g/mol. The SMILES string of the molecule is CN1CC(=O)N(C2CCCOc3c2ccc(Cl)c3Cl)C1=O. The molecular weight excluding hydrogens is 315 g/mol. The van der Waals surface area contributed by atoms with E-state index in [1.165, 1.54) is 9.80 Å². The topological polar surface area (TPSA) is 49.9 Å². The average molecular weight is 329 g/mol. The number of hydrogen-bond acceptors (Lipinski definition) is 3. The lowest BCUT2D eigenvalue weighted by atomic mass is 10.0. The Balaban J connectivity index is 2.07. The molecule has 2 aliphatic rings. The first-order chi connectivity index (χ1) is 10.0. The van der Waals surface area contributed by atoms with Gasteiger partial charge in [0.25, 0.3) is 5.91 Å². The highest BCUT2D eigenvalue weighted by Gasteiger charge is 2.41. The maximum Gasteiger partial charge on any atom is 0.327 e. The van der Waals surface area contributed by atoms with Gasteiger partial charge in [0.2, 0.25) is 0 Å². The molecule has 0 spiro atoms. The Morgan fingerprint density at radius 3 is 2.71 bits per heavy atom. The number of likely N-dealkylation sites (N-methyl/N-ethyl adjacent to an activating group) is 1. The maximum absolute atomic E-state index is 12.2. The summed E-state index contributed by atoms with van der Waals surface area (Å²) in [5.41, 5.74) is 0.735. The molecule has 112 valence electrons. The van der Waals surface area contributed by atoms with Crippen LogP contribution in [0.2, 0.25) is 10.0 Å². The summed E-state index contributed by atoms with van der Waals surface area (Å²) in [6.07, 6.45) is 1.38. The van der Waals surface area contributed by atoms with Gasteiger partial charge in [0, 0.05) is 12.6 Å². The third-order valence-electron chi connectivity index (χ3n) is 3.79. The van der Waals surface area contributed by atoms with Gasteiger partial charge in [0.1, 0.15) is 17.3 Å². The number of nitrogens with zero attached hydrogens (tertiary/aromatic N) is 2. The molecule has 3 amide bonds. The summed E-state index contributed by atoms with van der Waals surface area (Å²) in [5.74, 6) is 0.272. The third kappa shape index (κ3) is 2.34. The van der Waals surface area contributed by atoms with E-state index in [0.717, 1.165) is 12.0 Å². The van der Waals surface area contributed by atoms with E-state index in [0.29, 0.717) is 28.8 Å². The number of rotatable bonds is 1. The highest BCUT2D eigenvalue weighted by atomic mass is 35.5. The number of hydrogen-bond donors (Lipinski definition) is 0. The van der Waals surface area contributed by atoms with Gasteiger partial charge in [-0.1, -0.05) is 29.3 Å². The van der Waals surface area contributed by atoms with E-state index < -0.39 is 0 Å². The Bertz CT molecular complexity index is 620. The van der Waals surface area contributed by atoms with Crippen LogP contribution in [0.25, 0.3) is 0 Å². The summed E-state index contributed by atoms with van der Waals surface area (Å²) in [6, 6.07) is 2.79. The van der Waals surface area contributed by atoms with Crippen molar-refractivity contribution in [2.24, 2.45) is 0 Å². The van der Waals surface area contributed by atoms with Crippen LogP contribution in [-0.2, 0) is 4.79 Å². The van der Waals surface area contributed by atoms with E-state index >= 15 is 0 Å². The van der Waals surface area contributed by atoms with Crippen LogP contribution in [0.4, 0.5) is 4.79 Å². The fourth-order valence-electron chi connectivity index (χ4n) is 2.78. The van der Waals surface area contributed by atoms with Gasteiger partial charge in [-0.3, -0.25) is 9.69 Å². The number of benzene rings is 1. The summed E-state index contributed by atoms with van der Waals surface area (Å²) in [6.45, 7) is 0.586. The van der Waals surface area contributed by atoms with Crippen molar-refractivity contribution in [3.05, 3.63) is 27.7 Å². The number of amides is 3. The first-order valence-corrected chi connectivity index (χ1v) is 7.44. The van der Waals surface area contributed by atoms with Gasteiger partial charge in [0.05, 0.1) is 17.7 Å². The van der Waals surface area contributed by atoms with Crippen LogP contribution in [-0.4, -0.2) is 41.9 Å². The predicted octanol–water partition coefficient (Wildman–Crippen LogP) is 3.10. The van der Waals surface area contributed by atoms with Gasteiger partial charge in [-0.2, -0.15) is 0 Å². The maximum atomic E-state index is 12.2. The second kappa shape index (κ2) is 5.39. The number of carbonyl (C=O) groups is 2. The van der Waals surface area contributed by atoms with Crippen LogP contribution >= 0.6 is 23.2 Å². The van der Waals surface area contributed by atoms with Gasteiger partial charge in [-0.05, 0) is 18.9 Å². The molecule has 2 aliphatic heterocycles. The molecule has 1 aromatic carbocycles. The van der Waals surface area contributed by atoms with E-state index in [2.05, 4.69) is 0 Å². The van der Waals surface area contributed by atoms with Crippen molar-refractivity contribution in [3.63, 3.8) is 0 Å². The molecule has 0 radical (unpaired) electrons. The van der Waals surface area contributed by atoms with E-state index in [1.54, 1.807) is 19.2 Å². The minimum atomic E-state index is -0.359. The minimum absolute atomic E-state index is 0.104. The Morgan fingerprint density at radius 1 is 1.29 bits per heavy atom. The molecule has 1 saturated heterocycles. The summed E-state index contributed by atoms with van der Waals surface area (Å²) < 4.78 is 5.67. The van der Waals surface area contributed by atoms with Crippen molar-refractivity contribution in [1.82, 2.24) is 9.80 Å². The Labute approximate surface area is 132 Å². The van der Waals surface area contributed by atoms with Crippen LogP contribution in [0.1, 0.15) is 24.4 Å². The molecule has 7 heteroatoms. The Hall–Kier alpha value is -1.46. The molecule has 0 bridgehead atoms. The van der Waals surface area contributed by atoms with Crippen LogP contribution in [0.3, 0.4) is 0 Å². The zero-order valence-corrected chi connectivity index (χ0v) is 12.9. The van der Waals surface area contributed by atoms with E-state index in [1.807, 2.05) is 0 Å². The molecular formula is C14H14Cl2N2O3. The standard InChI is InChI=1S/C14H14Cl2N2O3/c1-17-7-11(19)18(14(17)20)10-3-2-6-21-13-8(10)4-5-9(15)12(13)16/h4-5,10H,2-3,6-7H2,1H3. The number of urea groups is 1. The fourth-order valence-corrected chi connectivity index (χ4v) is 3.15. The minimum Gasteiger partial charge on any atom is -0.492 e. The van der Waals surface area contributed by atoms with Crippen molar-refractivity contribution in [1.29, 1.82) is 0 Å². The second-order valence-electron chi connectivity index (χ2n) is 5.19. The quantitative estimate of drug-likeness (QED) is 0.744. The molecule has 5 nitrogen and oxygen atoms in total. The number of carbonyl (C=O) groups excluding carboxylic acids is 2. The molecule has 0 N–H and O–H groups in total. The molecule has 1 fully saturated rings. The number of imide groups is 1. The second-order valence-corrected chi connectivity index (χ2v) is 5.97. The van der Waals surface area contributed by atoms with Crippen molar-refractivity contribution in [2.45, 2.75) is 18.9 Å². The Morgan fingerprint density at radius 2 is 2.05 bits per heavy atom. The number of fused-ring (bicyclic) bond motifs is 1. The molecule has 3 rings (SSSR count). The van der Waals surface area contributed by atoms with Gasteiger partial charge in [0.15, 0.2) is 0 Å². The summed E-state index contributed by atoms with van der Waals surface area (Å²) in [5, 5.41) is 0.723. The molecule has 0 aromatic heterocycles. The van der Waals surface area contributed by atoms with Crippen molar-refractivity contribution >= 4 is 35.1 Å². The highest BCUT2D eigenvalue weighted by molar-refractivity contribution is 6.43. The molecule has 1 aromatic rings. The Kier molecular flexibility index (Phi) is 3.71. The van der Waals surface area contributed by atoms with E-state index in [9.17, 15) is 9.59 Å². The molecule has 1 atom stereocenters. The lowest BCUT2D eigenvalue weighted by Crippen LogP contribution is -2.35. The van der Waals surface area contributed by atoms with E-state index in [4.69, 9.17) is 27.9 Å². The normalized spacial score (nSPS) is 22.1. The zero-order chi connectivity index (χ0) is 15.1. The largest absolute Gasteiger partial charge is 0.492 e. The predicted molar refractivity (Wildman–Crippen MR) is 78.8 cm³/mol. The number of ether oxygens (including phenoxy) is 1. The smallest absolute Gasteiger partial charge is 0.327 e. The molecule has 0 saturated carbocycles. The van der Waals surface area contributed by atoms with Crippen molar-refractivity contribution in [3.8, 4) is 5.75 Å². The highest BCUT2D eigenvalue weighted by Crippen LogP contribution is 2.43. The lowest BCUT2D eigenvalue weighted by molar-refractivity contribution is -0.127. The summed E-state index contributed by atoms with van der Waals surface area (Å²) in [7, 11) is 1.61. The van der Waals surface area contributed by atoms with Crippen molar-refractivity contribution < 1.29 is 14.3 Å². The van der Waals surface area contributed by atoms with Gasteiger partial charge < -0.3 is 9.64 Å². The molecule has 0 aliphatic carbocycles. The van der Waals surface area contributed by atoms with Crippen LogP contribution < -0.4 is 4.74 Å². The van der Waals surface area contributed by atoms with Crippen LogP contribution in [0, 0.1) is 0 Å². The zero-order valence-electron chi connectivity index (χ0n) is 11.4. The van der Waals surface area contributed by atoms with Gasteiger partial charge in [-0.15, -0.1) is 0 Å². The lowest BCUT2D eigenvalue weighted by Gasteiger charge is -2.26. The fraction of sp³-hybridized carbons (Fsp3) is 0.429. The average Bonchev–Trinajstić information content (AvgIpc) is 2.63.